The molecule has 2 aromatic carbocycles. The Hall–Kier alpha value is -3.61. The van der Waals surface area contributed by atoms with Crippen LogP contribution >= 0.6 is 0 Å². The molecule has 0 aliphatic carbocycles. The normalized spacial score (nSPS) is 9.96. The molecule has 0 bridgehead atoms. The Kier molecular flexibility index (Phi) is 5.06. The molecule has 25 heavy (non-hydrogen) atoms. The van der Waals surface area contributed by atoms with E-state index < -0.39 is 0 Å². The predicted octanol–water partition coefficient (Wildman–Crippen LogP) is 3.95. The van der Waals surface area contributed by atoms with Gasteiger partial charge in [0.25, 0.3) is 0 Å². The molecule has 2 amide bonds. The fourth-order valence-electron chi connectivity index (χ4n) is 2.06. The van der Waals surface area contributed by atoms with E-state index in [2.05, 4.69) is 25.9 Å². The lowest BCUT2D eigenvalue weighted by Gasteiger charge is -2.09. The summed E-state index contributed by atoms with van der Waals surface area (Å²) in [6.45, 7) is 0. The van der Waals surface area contributed by atoms with Crippen molar-refractivity contribution in [3.8, 4) is 11.6 Å². The molecule has 0 unspecified atom stereocenters. The van der Waals surface area contributed by atoms with E-state index in [0.29, 0.717) is 23.3 Å². The van der Waals surface area contributed by atoms with Crippen LogP contribution in [0.15, 0.2) is 66.9 Å². The van der Waals surface area contributed by atoms with E-state index in [1.807, 2.05) is 30.3 Å². The van der Waals surface area contributed by atoms with Gasteiger partial charge in [-0.25, -0.2) is 9.78 Å². The smallest absolute Gasteiger partial charge is 0.323 e. The number of carbonyl (C=O) groups is 1. The molecule has 7 nitrogen and oxygen atoms in total. The molecule has 3 aromatic rings. The van der Waals surface area contributed by atoms with Crippen molar-refractivity contribution in [3.05, 3.63) is 66.9 Å². The number of ether oxygens (including phenoxy) is 1. The van der Waals surface area contributed by atoms with Gasteiger partial charge in [0.05, 0.1) is 0 Å². The number of hydrogen-bond donors (Lipinski definition) is 3. The van der Waals surface area contributed by atoms with Crippen molar-refractivity contribution in [1.29, 1.82) is 0 Å². The Labute approximate surface area is 145 Å². The second-order valence-corrected chi connectivity index (χ2v) is 5.04. The lowest BCUT2D eigenvalue weighted by atomic mass is 10.3. The Morgan fingerprint density at radius 3 is 2.28 bits per heavy atom. The number of nitrogens with zero attached hydrogens (tertiary/aromatic N) is 2. The van der Waals surface area contributed by atoms with Crippen molar-refractivity contribution in [1.82, 2.24) is 9.97 Å². The number of benzene rings is 2. The van der Waals surface area contributed by atoms with Gasteiger partial charge in [-0.2, -0.15) is 4.98 Å². The first-order valence-corrected chi connectivity index (χ1v) is 7.65. The number of amides is 2. The molecule has 0 saturated carbocycles. The molecule has 0 radical (unpaired) electrons. The highest BCUT2D eigenvalue weighted by atomic mass is 16.5. The minimum Gasteiger partial charge on any atom is -0.439 e. The van der Waals surface area contributed by atoms with Gasteiger partial charge in [0.1, 0.15) is 5.75 Å². The Bertz CT molecular complexity index is 838. The summed E-state index contributed by atoms with van der Waals surface area (Å²) in [6.07, 6.45) is 1.61. The molecule has 3 N–H and O–H groups in total. The Balaban J connectivity index is 1.59. The van der Waals surface area contributed by atoms with E-state index in [1.165, 1.54) is 0 Å². The van der Waals surface area contributed by atoms with Crippen LogP contribution in [-0.4, -0.2) is 23.0 Å². The summed E-state index contributed by atoms with van der Waals surface area (Å²) in [7, 11) is 1.74. The topological polar surface area (TPSA) is 88.2 Å². The first kappa shape index (κ1) is 16.3. The van der Waals surface area contributed by atoms with Gasteiger partial charge in [-0.15, -0.1) is 0 Å². The van der Waals surface area contributed by atoms with Crippen LogP contribution in [0.3, 0.4) is 0 Å². The van der Waals surface area contributed by atoms with Crippen LogP contribution in [0, 0.1) is 0 Å². The van der Waals surface area contributed by atoms with Crippen molar-refractivity contribution < 1.29 is 9.53 Å². The molecule has 1 heterocycles. The van der Waals surface area contributed by atoms with Crippen molar-refractivity contribution >= 4 is 23.4 Å². The summed E-state index contributed by atoms with van der Waals surface area (Å²) in [5.41, 5.74) is 1.38. The van der Waals surface area contributed by atoms with E-state index in [1.54, 1.807) is 43.6 Å². The predicted molar refractivity (Wildman–Crippen MR) is 97.2 cm³/mol. The first-order chi connectivity index (χ1) is 12.2. The summed E-state index contributed by atoms with van der Waals surface area (Å²) in [5, 5.41) is 8.36. The van der Waals surface area contributed by atoms with Gasteiger partial charge >= 0.3 is 6.03 Å². The molecule has 0 saturated heterocycles. The summed E-state index contributed by atoms with van der Waals surface area (Å²) < 4.78 is 5.66. The summed E-state index contributed by atoms with van der Waals surface area (Å²) >= 11 is 0. The highest BCUT2D eigenvalue weighted by Gasteiger charge is 2.04. The first-order valence-electron chi connectivity index (χ1n) is 7.65. The van der Waals surface area contributed by atoms with Crippen molar-refractivity contribution in [2.45, 2.75) is 0 Å². The van der Waals surface area contributed by atoms with Crippen molar-refractivity contribution in [2.75, 3.05) is 23.0 Å². The Morgan fingerprint density at radius 2 is 1.60 bits per heavy atom. The zero-order chi connectivity index (χ0) is 17.5. The maximum Gasteiger partial charge on any atom is 0.323 e. The van der Waals surface area contributed by atoms with Crippen LogP contribution in [0.25, 0.3) is 0 Å². The second kappa shape index (κ2) is 7.78. The van der Waals surface area contributed by atoms with Gasteiger partial charge in [-0.1, -0.05) is 18.2 Å². The number of hydrogen-bond acceptors (Lipinski definition) is 5. The van der Waals surface area contributed by atoms with E-state index in [0.717, 1.165) is 5.69 Å². The second-order valence-electron chi connectivity index (χ2n) is 5.04. The number of aromatic nitrogens is 2. The SMILES string of the molecule is CNc1nccc(Oc2ccc(NC(=O)Nc3ccccc3)cc2)n1. The van der Waals surface area contributed by atoms with E-state index in [9.17, 15) is 4.79 Å². The molecular weight excluding hydrogens is 318 g/mol. The lowest BCUT2D eigenvalue weighted by molar-refractivity contribution is 0.262. The zero-order valence-electron chi connectivity index (χ0n) is 13.6. The van der Waals surface area contributed by atoms with E-state index in [-0.39, 0.29) is 6.03 Å². The zero-order valence-corrected chi connectivity index (χ0v) is 13.6. The van der Waals surface area contributed by atoms with Crippen LogP contribution in [0.4, 0.5) is 22.1 Å². The van der Waals surface area contributed by atoms with Gasteiger partial charge in [-0.05, 0) is 36.4 Å². The van der Waals surface area contributed by atoms with E-state index >= 15 is 0 Å². The largest absolute Gasteiger partial charge is 0.439 e. The third-order valence-electron chi connectivity index (χ3n) is 3.22. The number of urea groups is 1. The molecule has 0 atom stereocenters. The summed E-state index contributed by atoms with van der Waals surface area (Å²) in [5.74, 6) is 1.52. The van der Waals surface area contributed by atoms with Gasteiger partial charge < -0.3 is 20.7 Å². The van der Waals surface area contributed by atoms with Crippen molar-refractivity contribution in [2.24, 2.45) is 0 Å². The highest BCUT2D eigenvalue weighted by molar-refractivity contribution is 5.99. The number of nitrogens with one attached hydrogen (secondary N) is 3. The minimum atomic E-state index is -0.311. The van der Waals surface area contributed by atoms with Gasteiger partial charge in [-0.3, -0.25) is 0 Å². The number of anilines is 3. The third-order valence-corrected chi connectivity index (χ3v) is 3.22. The van der Waals surface area contributed by atoms with Gasteiger partial charge in [0, 0.05) is 30.7 Å². The molecule has 0 aliphatic rings. The van der Waals surface area contributed by atoms with Crippen LogP contribution < -0.4 is 20.7 Å². The van der Waals surface area contributed by atoms with Crippen LogP contribution in [0.1, 0.15) is 0 Å². The monoisotopic (exact) mass is 335 g/mol. The van der Waals surface area contributed by atoms with Crippen LogP contribution in [0.2, 0.25) is 0 Å². The molecular formula is C18H17N5O2. The number of para-hydroxylation sites is 1. The molecule has 126 valence electrons. The third kappa shape index (κ3) is 4.68. The molecule has 0 fully saturated rings. The fourth-order valence-corrected chi connectivity index (χ4v) is 2.06. The highest BCUT2D eigenvalue weighted by Crippen LogP contribution is 2.22. The average molecular weight is 335 g/mol. The molecule has 0 spiro atoms. The molecule has 1 aromatic heterocycles. The van der Waals surface area contributed by atoms with E-state index in [4.69, 9.17) is 4.74 Å². The minimum absolute atomic E-state index is 0.311. The number of rotatable bonds is 5. The summed E-state index contributed by atoms with van der Waals surface area (Å²) in [4.78, 5) is 20.2. The van der Waals surface area contributed by atoms with Crippen molar-refractivity contribution in [3.63, 3.8) is 0 Å². The van der Waals surface area contributed by atoms with Gasteiger partial charge in [0.2, 0.25) is 11.8 Å². The maximum absolute atomic E-state index is 12.0. The maximum atomic E-state index is 12.0. The Morgan fingerprint density at radius 1 is 0.920 bits per heavy atom. The molecule has 0 aliphatic heterocycles. The van der Waals surface area contributed by atoms with Gasteiger partial charge in [0.15, 0.2) is 0 Å². The molecule has 7 heteroatoms. The lowest BCUT2D eigenvalue weighted by Crippen LogP contribution is -2.19. The number of carbonyl (C=O) groups excluding carboxylic acids is 1. The summed E-state index contributed by atoms with van der Waals surface area (Å²) in [6, 6.07) is 17.6. The van der Waals surface area contributed by atoms with Crippen LogP contribution in [0.5, 0.6) is 11.6 Å². The quantitative estimate of drug-likeness (QED) is 0.657. The fraction of sp³-hybridized carbons (Fsp3) is 0.0556. The molecule has 3 rings (SSSR count). The van der Waals surface area contributed by atoms with Crippen LogP contribution in [-0.2, 0) is 0 Å². The standard InChI is InChI=1S/C18H17N5O2/c1-19-17-20-12-11-16(23-17)25-15-9-7-14(8-10-15)22-18(24)21-13-5-3-2-4-6-13/h2-12H,1H3,(H,19,20,23)(H2,21,22,24). The average Bonchev–Trinajstić information content (AvgIpc) is 2.64.